The van der Waals surface area contributed by atoms with Crippen molar-refractivity contribution in [2.24, 2.45) is 0 Å². The molecule has 1 aromatic carbocycles. The van der Waals surface area contributed by atoms with E-state index in [2.05, 4.69) is 32.1 Å². The molecule has 0 aliphatic rings. The number of benzene rings is 1. The minimum Gasteiger partial charge on any atom is -0.463 e. The van der Waals surface area contributed by atoms with Crippen molar-refractivity contribution in [2.75, 3.05) is 5.32 Å². The summed E-state index contributed by atoms with van der Waals surface area (Å²) in [5.74, 6) is 0.769. The van der Waals surface area contributed by atoms with Gasteiger partial charge in [-0.3, -0.25) is 10.1 Å². The van der Waals surface area contributed by atoms with Gasteiger partial charge in [0.15, 0.2) is 9.47 Å². The molecule has 3 heterocycles. The minimum absolute atomic E-state index is 0.287. The number of allylic oxidation sites excluding steroid dienone is 1. The SMILES string of the molecule is C=C(C)Oc1cc(Sc2nncs2)cc(C(=O)Nc2nc3cccnc3s2)c1. The van der Waals surface area contributed by atoms with Crippen molar-refractivity contribution in [3.05, 3.63) is 59.9 Å². The number of anilines is 1. The van der Waals surface area contributed by atoms with Crippen molar-refractivity contribution in [3.63, 3.8) is 0 Å². The summed E-state index contributed by atoms with van der Waals surface area (Å²) in [6.07, 6.45) is 1.70. The Morgan fingerprint density at radius 1 is 1.32 bits per heavy atom. The van der Waals surface area contributed by atoms with Gasteiger partial charge in [-0.25, -0.2) is 9.97 Å². The molecule has 10 heteroatoms. The number of rotatable bonds is 6. The number of carbonyl (C=O) groups is 1. The van der Waals surface area contributed by atoms with Crippen molar-refractivity contribution < 1.29 is 9.53 Å². The summed E-state index contributed by atoms with van der Waals surface area (Å²) in [5, 5.41) is 11.2. The van der Waals surface area contributed by atoms with Crippen LogP contribution in [0, 0.1) is 0 Å². The van der Waals surface area contributed by atoms with E-state index in [9.17, 15) is 4.79 Å². The summed E-state index contributed by atoms with van der Waals surface area (Å²) in [6, 6.07) is 8.94. The Labute approximate surface area is 172 Å². The maximum atomic E-state index is 12.8. The highest BCUT2D eigenvalue weighted by atomic mass is 32.2. The van der Waals surface area contributed by atoms with Gasteiger partial charge in [-0.05, 0) is 37.3 Å². The monoisotopic (exact) mass is 427 g/mol. The molecule has 0 fully saturated rings. The first kappa shape index (κ1) is 18.5. The number of nitrogens with one attached hydrogen (secondary N) is 1. The Balaban J connectivity index is 1.62. The van der Waals surface area contributed by atoms with E-state index in [-0.39, 0.29) is 5.91 Å². The van der Waals surface area contributed by atoms with E-state index in [1.54, 1.807) is 30.8 Å². The summed E-state index contributed by atoms with van der Waals surface area (Å²) >= 11 is 4.15. The van der Waals surface area contributed by atoms with Gasteiger partial charge in [-0.2, -0.15) is 0 Å². The smallest absolute Gasteiger partial charge is 0.257 e. The van der Waals surface area contributed by atoms with E-state index in [1.165, 1.54) is 34.4 Å². The summed E-state index contributed by atoms with van der Waals surface area (Å²) in [4.78, 5) is 23.0. The molecule has 28 heavy (non-hydrogen) atoms. The molecule has 0 atom stereocenters. The summed E-state index contributed by atoms with van der Waals surface area (Å²) in [6.45, 7) is 5.51. The molecule has 0 unspecified atom stereocenters. The quantitative estimate of drug-likeness (QED) is 0.440. The Hall–Kier alpha value is -2.82. The van der Waals surface area contributed by atoms with Gasteiger partial charge in [-0.15, -0.1) is 10.2 Å². The van der Waals surface area contributed by atoms with Gasteiger partial charge >= 0.3 is 0 Å². The fourth-order valence-corrected chi connectivity index (χ4v) is 4.66. The van der Waals surface area contributed by atoms with Crippen LogP contribution in [0.2, 0.25) is 0 Å². The zero-order valence-corrected chi connectivity index (χ0v) is 17.0. The molecule has 0 aliphatic heterocycles. The summed E-state index contributed by atoms with van der Waals surface area (Å²) in [7, 11) is 0. The number of amides is 1. The first-order chi connectivity index (χ1) is 13.6. The normalized spacial score (nSPS) is 10.8. The number of hydrogen-bond acceptors (Lipinski definition) is 9. The number of thiazole rings is 1. The molecule has 1 amide bonds. The van der Waals surface area contributed by atoms with Gasteiger partial charge in [-0.1, -0.05) is 41.0 Å². The van der Waals surface area contributed by atoms with E-state index in [4.69, 9.17) is 4.74 Å². The van der Waals surface area contributed by atoms with Gasteiger partial charge in [0.25, 0.3) is 5.91 Å². The van der Waals surface area contributed by atoms with E-state index in [0.29, 0.717) is 22.2 Å². The fourth-order valence-electron chi connectivity index (χ4n) is 2.32. The van der Waals surface area contributed by atoms with Crippen LogP contribution in [0.1, 0.15) is 17.3 Å². The highest BCUT2D eigenvalue weighted by molar-refractivity contribution is 8.01. The number of hydrogen-bond donors (Lipinski definition) is 1. The zero-order chi connectivity index (χ0) is 19.5. The number of fused-ring (bicyclic) bond motifs is 1. The zero-order valence-electron chi connectivity index (χ0n) is 14.6. The van der Waals surface area contributed by atoms with Crippen LogP contribution in [-0.2, 0) is 0 Å². The Morgan fingerprint density at radius 2 is 2.21 bits per heavy atom. The van der Waals surface area contributed by atoms with E-state index < -0.39 is 0 Å². The molecule has 3 aromatic heterocycles. The lowest BCUT2D eigenvalue weighted by Gasteiger charge is -2.09. The number of carbonyl (C=O) groups excluding carboxylic acids is 1. The lowest BCUT2D eigenvalue weighted by molar-refractivity contribution is 0.102. The predicted octanol–water partition coefficient (Wildman–Crippen LogP) is 4.86. The molecule has 0 saturated carbocycles. The third kappa shape index (κ3) is 4.35. The van der Waals surface area contributed by atoms with Gasteiger partial charge in [0, 0.05) is 16.7 Å². The van der Waals surface area contributed by atoms with Crippen LogP contribution in [0.25, 0.3) is 10.3 Å². The Kier molecular flexibility index (Phi) is 5.33. The van der Waals surface area contributed by atoms with Crippen LogP contribution >= 0.6 is 34.4 Å². The lowest BCUT2D eigenvalue weighted by Crippen LogP contribution is -2.12. The molecule has 7 nitrogen and oxygen atoms in total. The molecule has 0 spiro atoms. The van der Waals surface area contributed by atoms with Crippen LogP contribution in [0.4, 0.5) is 5.13 Å². The predicted molar refractivity (Wildman–Crippen MR) is 111 cm³/mol. The third-order valence-electron chi connectivity index (χ3n) is 3.37. The van der Waals surface area contributed by atoms with Crippen molar-refractivity contribution in [1.29, 1.82) is 0 Å². The van der Waals surface area contributed by atoms with Crippen LogP contribution < -0.4 is 10.1 Å². The molecule has 0 aliphatic carbocycles. The van der Waals surface area contributed by atoms with Crippen LogP contribution in [-0.4, -0.2) is 26.1 Å². The topological polar surface area (TPSA) is 89.9 Å². The molecule has 0 bridgehead atoms. The Bertz CT molecular complexity index is 1120. The van der Waals surface area contributed by atoms with Gasteiger partial charge in [0.05, 0.1) is 5.76 Å². The third-order valence-corrected chi connectivity index (χ3v) is 6.01. The van der Waals surface area contributed by atoms with Gasteiger partial charge in [0.1, 0.15) is 21.6 Å². The number of pyridine rings is 1. The highest BCUT2D eigenvalue weighted by Crippen LogP contribution is 2.33. The molecule has 4 aromatic rings. The van der Waals surface area contributed by atoms with Crippen LogP contribution in [0.15, 0.2) is 63.6 Å². The highest BCUT2D eigenvalue weighted by Gasteiger charge is 2.14. The molecule has 140 valence electrons. The maximum absolute atomic E-state index is 12.8. The molecule has 0 radical (unpaired) electrons. The molecule has 0 saturated heterocycles. The standard InChI is InChI=1S/C18H13N5O2S3/c1-10(2)25-12-6-11(7-13(8-12)27-18-23-20-9-26-18)15(24)22-17-21-14-4-3-5-19-16(14)28-17/h3-9H,1H2,2H3,(H,21,22,24). The number of ether oxygens (including phenoxy) is 1. The number of nitrogens with zero attached hydrogens (tertiary/aromatic N) is 4. The van der Waals surface area contributed by atoms with E-state index >= 15 is 0 Å². The maximum Gasteiger partial charge on any atom is 0.257 e. The largest absolute Gasteiger partial charge is 0.463 e. The first-order valence-electron chi connectivity index (χ1n) is 8.02. The molecular weight excluding hydrogens is 414 g/mol. The summed E-state index contributed by atoms with van der Waals surface area (Å²) in [5.41, 5.74) is 2.85. The van der Waals surface area contributed by atoms with Crippen LogP contribution in [0.5, 0.6) is 5.75 Å². The second-order valence-corrected chi connectivity index (χ2v) is 8.74. The lowest BCUT2D eigenvalue weighted by atomic mass is 10.2. The summed E-state index contributed by atoms with van der Waals surface area (Å²) < 4.78 is 6.39. The Morgan fingerprint density at radius 3 is 2.96 bits per heavy atom. The fraction of sp³-hybridized carbons (Fsp3) is 0.0556. The van der Waals surface area contributed by atoms with Gasteiger partial charge in [0.2, 0.25) is 0 Å². The van der Waals surface area contributed by atoms with Crippen molar-refractivity contribution >= 4 is 55.8 Å². The molecule has 1 N–H and O–H groups in total. The first-order valence-corrected chi connectivity index (χ1v) is 10.5. The number of aromatic nitrogens is 4. The molecule has 4 rings (SSSR count). The van der Waals surface area contributed by atoms with Gasteiger partial charge < -0.3 is 4.74 Å². The van der Waals surface area contributed by atoms with E-state index in [1.807, 2.05) is 18.2 Å². The average Bonchev–Trinajstić information content (AvgIpc) is 3.29. The molecular formula is C18H13N5O2S3. The van der Waals surface area contributed by atoms with E-state index in [0.717, 1.165) is 19.6 Å². The average molecular weight is 428 g/mol. The van der Waals surface area contributed by atoms with Crippen molar-refractivity contribution in [2.45, 2.75) is 16.2 Å². The second-order valence-electron chi connectivity index (χ2n) is 5.60. The van der Waals surface area contributed by atoms with Crippen molar-refractivity contribution in [1.82, 2.24) is 20.2 Å². The van der Waals surface area contributed by atoms with Crippen molar-refractivity contribution in [3.8, 4) is 5.75 Å². The second kappa shape index (κ2) is 8.05. The van der Waals surface area contributed by atoms with Crippen LogP contribution in [0.3, 0.4) is 0 Å². The minimum atomic E-state index is -0.287.